The molecule has 2 fully saturated rings. The van der Waals surface area contributed by atoms with Crippen LogP contribution in [0.15, 0.2) is 9.52 Å². The normalized spacial score (nSPS) is 22.7. The van der Waals surface area contributed by atoms with Gasteiger partial charge < -0.3 is 20.1 Å². The predicted molar refractivity (Wildman–Crippen MR) is 129 cm³/mol. The Bertz CT molecular complexity index is 663. The second kappa shape index (κ2) is 12.0. The van der Waals surface area contributed by atoms with Crippen molar-refractivity contribution >= 4 is 47.6 Å². The molecule has 9 heteroatoms. The predicted octanol–water partition coefficient (Wildman–Crippen LogP) is 2.75. The summed E-state index contributed by atoms with van der Waals surface area (Å²) >= 11 is 1.95. The molecule has 2 heterocycles. The van der Waals surface area contributed by atoms with Crippen molar-refractivity contribution in [3.05, 3.63) is 17.0 Å². The van der Waals surface area contributed by atoms with Crippen LogP contribution in [0.25, 0.3) is 0 Å². The fourth-order valence-corrected chi connectivity index (χ4v) is 4.98. The summed E-state index contributed by atoms with van der Waals surface area (Å²) in [6, 6.07) is 0.381. The fraction of sp³-hybridized carbons (Fsp3) is 0.750. The van der Waals surface area contributed by atoms with E-state index in [9.17, 15) is 4.79 Å². The Morgan fingerprint density at radius 3 is 2.52 bits per heavy atom. The number of hydrogen-bond donors (Lipinski definition) is 2. The minimum atomic E-state index is 0. The highest BCUT2D eigenvalue weighted by Crippen LogP contribution is 2.27. The number of amides is 1. The largest absolute Gasteiger partial charge is 0.361 e. The highest BCUT2D eigenvalue weighted by Gasteiger charge is 2.30. The zero-order valence-electron chi connectivity index (χ0n) is 17.7. The minimum Gasteiger partial charge on any atom is -0.361 e. The van der Waals surface area contributed by atoms with Crippen molar-refractivity contribution in [2.75, 3.05) is 38.2 Å². The third kappa shape index (κ3) is 6.77. The zero-order valence-corrected chi connectivity index (χ0v) is 20.8. The number of hydrogen-bond acceptors (Lipinski definition) is 5. The molecule has 0 radical (unpaired) electrons. The molecule has 0 spiro atoms. The van der Waals surface area contributed by atoms with Crippen LogP contribution in [0, 0.1) is 19.8 Å². The van der Waals surface area contributed by atoms with Gasteiger partial charge in [0, 0.05) is 55.7 Å². The summed E-state index contributed by atoms with van der Waals surface area (Å²) in [7, 11) is 1.80. The summed E-state index contributed by atoms with van der Waals surface area (Å²) in [6.45, 7) is 6.54. The molecule has 164 valence electrons. The Labute approximate surface area is 195 Å². The summed E-state index contributed by atoms with van der Waals surface area (Å²) in [5, 5.41) is 10.9. The lowest BCUT2D eigenvalue weighted by Crippen LogP contribution is -2.47. The van der Waals surface area contributed by atoms with Gasteiger partial charge in [-0.2, -0.15) is 11.8 Å². The maximum atomic E-state index is 12.7. The van der Waals surface area contributed by atoms with Gasteiger partial charge in [-0.05, 0) is 46.0 Å². The van der Waals surface area contributed by atoms with Gasteiger partial charge in [0.2, 0.25) is 5.91 Å². The van der Waals surface area contributed by atoms with Crippen LogP contribution in [0.3, 0.4) is 0 Å². The molecule has 1 aromatic rings. The van der Waals surface area contributed by atoms with Crippen LogP contribution in [0.1, 0.15) is 42.7 Å². The van der Waals surface area contributed by atoms with Gasteiger partial charge in [0.05, 0.1) is 5.69 Å². The number of nitrogens with zero attached hydrogens (tertiary/aromatic N) is 3. The smallest absolute Gasteiger partial charge is 0.225 e. The average Bonchev–Trinajstić information content (AvgIpc) is 3.05. The molecule has 7 nitrogen and oxygen atoms in total. The van der Waals surface area contributed by atoms with E-state index in [4.69, 9.17) is 4.52 Å². The molecule has 0 aromatic carbocycles. The first-order valence-corrected chi connectivity index (χ1v) is 11.5. The van der Waals surface area contributed by atoms with Crippen LogP contribution in [-0.4, -0.2) is 66.2 Å². The van der Waals surface area contributed by atoms with E-state index in [-0.39, 0.29) is 29.9 Å². The fourth-order valence-electron chi connectivity index (χ4n) is 4.08. The third-order valence-electron chi connectivity index (χ3n) is 5.81. The van der Waals surface area contributed by atoms with Gasteiger partial charge in [-0.25, -0.2) is 0 Å². The Morgan fingerprint density at radius 1 is 1.24 bits per heavy atom. The Balaban J connectivity index is 0.00000300. The molecule has 0 atom stereocenters. The van der Waals surface area contributed by atoms with E-state index in [0.717, 1.165) is 86.2 Å². The Morgan fingerprint density at radius 2 is 1.93 bits per heavy atom. The zero-order chi connectivity index (χ0) is 19.9. The highest BCUT2D eigenvalue weighted by atomic mass is 127. The standard InChI is InChI=1S/C20H33N5O2S.HI/c1-14-18(15(2)27-24-14)8-9-22-20(21-3)23-17-6-4-16(5-7-17)19(26)25-10-12-28-13-11-25;/h16-17H,4-13H2,1-3H3,(H2,21,22,23);1H. The van der Waals surface area contributed by atoms with Crippen molar-refractivity contribution < 1.29 is 9.32 Å². The molecule has 0 bridgehead atoms. The van der Waals surface area contributed by atoms with Gasteiger partial charge in [0.25, 0.3) is 0 Å². The van der Waals surface area contributed by atoms with E-state index < -0.39 is 0 Å². The number of aliphatic imine (C=N–C) groups is 1. The molecule has 1 amide bonds. The van der Waals surface area contributed by atoms with Crippen LogP contribution < -0.4 is 10.6 Å². The first-order valence-electron chi connectivity index (χ1n) is 10.3. The van der Waals surface area contributed by atoms with Crippen LogP contribution in [-0.2, 0) is 11.2 Å². The lowest BCUT2D eigenvalue weighted by molar-refractivity contribution is -0.136. The number of halogens is 1. The van der Waals surface area contributed by atoms with Gasteiger partial charge >= 0.3 is 0 Å². The first kappa shape index (κ1) is 24.3. The van der Waals surface area contributed by atoms with Crippen molar-refractivity contribution in [3.8, 4) is 0 Å². The Hall–Kier alpha value is -0.970. The van der Waals surface area contributed by atoms with Gasteiger partial charge in [-0.1, -0.05) is 5.16 Å². The van der Waals surface area contributed by atoms with E-state index in [1.165, 1.54) is 0 Å². The van der Waals surface area contributed by atoms with E-state index in [0.29, 0.717) is 11.9 Å². The summed E-state index contributed by atoms with van der Waals surface area (Å²) in [5.74, 6) is 4.46. The highest BCUT2D eigenvalue weighted by molar-refractivity contribution is 14.0. The van der Waals surface area contributed by atoms with Crippen LogP contribution >= 0.6 is 35.7 Å². The van der Waals surface area contributed by atoms with Crippen molar-refractivity contribution in [3.63, 3.8) is 0 Å². The number of aryl methyl sites for hydroxylation is 2. The summed E-state index contributed by atoms with van der Waals surface area (Å²) in [6.07, 6.45) is 4.83. The topological polar surface area (TPSA) is 82.8 Å². The summed E-state index contributed by atoms with van der Waals surface area (Å²) in [4.78, 5) is 19.1. The number of thioether (sulfide) groups is 1. The van der Waals surface area contributed by atoms with Gasteiger partial charge in [-0.15, -0.1) is 24.0 Å². The van der Waals surface area contributed by atoms with E-state index in [1.807, 2.05) is 25.6 Å². The van der Waals surface area contributed by atoms with Crippen LogP contribution in [0.5, 0.6) is 0 Å². The number of rotatable bonds is 5. The van der Waals surface area contributed by atoms with Crippen LogP contribution in [0.2, 0.25) is 0 Å². The molecule has 29 heavy (non-hydrogen) atoms. The second-order valence-electron chi connectivity index (χ2n) is 7.68. The molecule has 2 N–H and O–H groups in total. The number of aromatic nitrogens is 1. The minimum absolute atomic E-state index is 0. The SMILES string of the molecule is CN=C(NCCc1c(C)noc1C)NC1CCC(C(=O)N2CCSCC2)CC1.I. The quantitative estimate of drug-likeness (QED) is 0.343. The molecular formula is C20H34IN5O2S. The molecule has 1 aliphatic heterocycles. The van der Waals surface area contributed by atoms with Crippen molar-refractivity contribution in [1.29, 1.82) is 0 Å². The van der Waals surface area contributed by atoms with E-state index in [1.54, 1.807) is 7.05 Å². The van der Waals surface area contributed by atoms with E-state index >= 15 is 0 Å². The molecule has 2 aliphatic rings. The molecule has 1 aliphatic carbocycles. The van der Waals surface area contributed by atoms with Crippen LogP contribution in [0.4, 0.5) is 0 Å². The molecule has 1 saturated heterocycles. The maximum absolute atomic E-state index is 12.7. The van der Waals surface area contributed by atoms with Gasteiger partial charge in [0.15, 0.2) is 5.96 Å². The lowest BCUT2D eigenvalue weighted by Gasteiger charge is -2.34. The average molecular weight is 535 g/mol. The molecule has 1 aromatic heterocycles. The molecule has 3 rings (SSSR count). The number of nitrogens with one attached hydrogen (secondary N) is 2. The molecule has 1 saturated carbocycles. The lowest BCUT2D eigenvalue weighted by atomic mass is 9.85. The Kier molecular flexibility index (Phi) is 10.1. The monoisotopic (exact) mass is 535 g/mol. The summed E-state index contributed by atoms with van der Waals surface area (Å²) in [5.41, 5.74) is 2.12. The van der Waals surface area contributed by atoms with Crippen molar-refractivity contribution in [1.82, 2.24) is 20.7 Å². The second-order valence-corrected chi connectivity index (χ2v) is 8.91. The first-order chi connectivity index (χ1) is 13.6. The summed E-state index contributed by atoms with van der Waals surface area (Å²) < 4.78 is 5.22. The van der Waals surface area contributed by atoms with Crippen molar-refractivity contribution in [2.24, 2.45) is 10.9 Å². The van der Waals surface area contributed by atoms with E-state index in [2.05, 4.69) is 25.7 Å². The molecular weight excluding hydrogens is 501 g/mol. The molecule has 0 unspecified atom stereocenters. The maximum Gasteiger partial charge on any atom is 0.225 e. The van der Waals surface area contributed by atoms with Gasteiger partial charge in [0.1, 0.15) is 5.76 Å². The number of guanidine groups is 1. The van der Waals surface area contributed by atoms with Crippen molar-refractivity contribution in [2.45, 2.75) is 52.0 Å². The number of carbonyl (C=O) groups is 1. The number of carbonyl (C=O) groups excluding carboxylic acids is 1. The third-order valence-corrected chi connectivity index (χ3v) is 6.75. The van der Waals surface area contributed by atoms with Gasteiger partial charge in [-0.3, -0.25) is 9.79 Å².